The molecule has 3 fully saturated rings. The van der Waals surface area contributed by atoms with E-state index in [1.807, 2.05) is 0 Å². The van der Waals surface area contributed by atoms with Gasteiger partial charge in [0, 0.05) is 0 Å². The normalized spacial score (nSPS) is 26.5. The number of aryl methyl sites for hydroxylation is 1. The molecule has 0 aromatic heterocycles. The van der Waals surface area contributed by atoms with E-state index in [1.54, 1.807) is 0 Å². The maximum absolute atomic E-state index is 9.89. The third kappa shape index (κ3) is 3.78. The van der Waals surface area contributed by atoms with Gasteiger partial charge in [-0.25, -0.2) is 0 Å². The molecule has 1 aromatic carbocycles. The first-order valence-electron chi connectivity index (χ1n) is 11.1. The maximum Gasteiger partial charge on any atom is 0.101 e. The van der Waals surface area contributed by atoms with Gasteiger partial charge in [-0.1, -0.05) is 58.1 Å². The fourth-order valence-electron chi connectivity index (χ4n) is 5.78. The van der Waals surface area contributed by atoms with Gasteiger partial charge in [-0.3, -0.25) is 0 Å². The van der Waals surface area contributed by atoms with Gasteiger partial charge < -0.3 is 0 Å². The van der Waals surface area contributed by atoms with E-state index < -0.39 is 0 Å². The van der Waals surface area contributed by atoms with Crippen molar-refractivity contribution in [2.45, 2.75) is 103 Å². The molecule has 0 heterocycles. The maximum atomic E-state index is 9.89. The van der Waals surface area contributed by atoms with Crippen LogP contribution in [-0.2, 0) is 11.8 Å². The predicted octanol–water partition coefficient (Wildman–Crippen LogP) is 6.94. The van der Waals surface area contributed by atoms with Crippen LogP contribution in [0.15, 0.2) is 12.1 Å². The lowest BCUT2D eigenvalue weighted by Gasteiger charge is -2.54. The summed E-state index contributed by atoms with van der Waals surface area (Å²) in [4.78, 5) is 0. The van der Waals surface area contributed by atoms with Crippen molar-refractivity contribution >= 4 is 0 Å². The van der Waals surface area contributed by atoms with Crippen LogP contribution in [0.3, 0.4) is 0 Å². The minimum Gasteiger partial charge on any atom is -0.192 e. The Kier molecular flexibility index (Phi) is 6.26. The van der Waals surface area contributed by atoms with Crippen LogP contribution >= 0.6 is 0 Å². The van der Waals surface area contributed by atoms with E-state index in [9.17, 15) is 10.5 Å². The molecule has 4 rings (SSSR count). The van der Waals surface area contributed by atoms with Crippen molar-refractivity contribution in [3.05, 3.63) is 34.4 Å². The molecule has 3 aliphatic rings. The predicted molar refractivity (Wildman–Crippen MR) is 110 cm³/mol. The van der Waals surface area contributed by atoms with Gasteiger partial charge in [-0.15, -0.1) is 0 Å². The smallest absolute Gasteiger partial charge is 0.101 e. The van der Waals surface area contributed by atoms with Crippen LogP contribution in [0.5, 0.6) is 0 Å². The van der Waals surface area contributed by atoms with E-state index in [-0.39, 0.29) is 5.41 Å². The highest BCUT2D eigenvalue weighted by atomic mass is 14.5. The Balaban J connectivity index is 1.81. The standard InChI is InChI=1S/C25H34N2/c1-3-5-6-7-11-24-12-15-25(16-13-24,17-14-24)23-10-9-20(8-4-2)21(18-26)22(23)19-27/h9-10H,3-8,11-17H2,1-2H3. The fourth-order valence-corrected chi connectivity index (χ4v) is 5.78. The Morgan fingerprint density at radius 2 is 1.48 bits per heavy atom. The van der Waals surface area contributed by atoms with Crippen molar-refractivity contribution in [2.24, 2.45) is 5.41 Å². The fraction of sp³-hybridized carbons (Fsp3) is 0.680. The molecule has 0 atom stereocenters. The molecular weight excluding hydrogens is 328 g/mol. The highest BCUT2D eigenvalue weighted by Gasteiger charge is 2.49. The SMILES string of the molecule is CCCCCCC12CCC(c3ccc(CCC)c(C#N)c3C#N)(CC1)CC2. The summed E-state index contributed by atoms with van der Waals surface area (Å²) in [6.45, 7) is 4.41. The summed E-state index contributed by atoms with van der Waals surface area (Å²) in [5.74, 6) is 0. The quantitative estimate of drug-likeness (QED) is 0.470. The summed E-state index contributed by atoms with van der Waals surface area (Å²) in [5.41, 5.74) is 4.28. The third-order valence-electron chi connectivity index (χ3n) is 7.57. The van der Waals surface area contributed by atoms with Crippen molar-refractivity contribution in [2.75, 3.05) is 0 Å². The summed E-state index contributed by atoms with van der Waals surface area (Å²) in [7, 11) is 0. The number of nitrogens with zero attached hydrogens (tertiary/aromatic N) is 2. The highest BCUT2D eigenvalue weighted by Crippen LogP contribution is 2.60. The first-order valence-corrected chi connectivity index (χ1v) is 11.1. The summed E-state index contributed by atoms with van der Waals surface area (Å²) in [6.07, 6.45) is 16.3. The molecule has 0 spiro atoms. The monoisotopic (exact) mass is 362 g/mol. The molecular formula is C25H34N2. The second-order valence-corrected chi connectivity index (χ2v) is 9.09. The molecule has 0 unspecified atom stereocenters. The molecule has 0 N–H and O–H groups in total. The summed E-state index contributed by atoms with van der Waals surface area (Å²) < 4.78 is 0. The van der Waals surface area contributed by atoms with Crippen molar-refractivity contribution < 1.29 is 0 Å². The molecule has 27 heavy (non-hydrogen) atoms. The van der Waals surface area contributed by atoms with Crippen LogP contribution in [0.1, 0.15) is 113 Å². The number of unbranched alkanes of at least 4 members (excludes halogenated alkanes) is 3. The lowest BCUT2D eigenvalue weighted by Crippen LogP contribution is -2.44. The molecule has 0 radical (unpaired) electrons. The van der Waals surface area contributed by atoms with Gasteiger partial charge in [0.2, 0.25) is 0 Å². The van der Waals surface area contributed by atoms with E-state index in [0.29, 0.717) is 16.5 Å². The molecule has 3 aliphatic carbocycles. The van der Waals surface area contributed by atoms with Crippen LogP contribution in [0, 0.1) is 28.1 Å². The van der Waals surface area contributed by atoms with Crippen molar-refractivity contribution in [3.63, 3.8) is 0 Å². The summed E-state index contributed by atoms with van der Waals surface area (Å²) >= 11 is 0. The number of benzene rings is 1. The van der Waals surface area contributed by atoms with E-state index in [2.05, 4.69) is 38.1 Å². The Morgan fingerprint density at radius 3 is 2.04 bits per heavy atom. The van der Waals surface area contributed by atoms with Gasteiger partial charge in [0.15, 0.2) is 0 Å². The van der Waals surface area contributed by atoms with E-state index >= 15 is 0 Å². The van der Waals surface area contributed by atoms with E-state index in [0.717, 1.165) is 18.4 Å². The first kappa shape index (κ1) is 19.9. The Labute approximate surface area is 165 Å². The topological polar surface area (TPSA) is 47.6 Å². The number of hydrogen-bond acceptors (Lipinski definition) is 2. The molecule has 0 amide bonds. The van der Waals surface area contributed by atoms with Crippen LogP contribution in [0.4, 0.5) is 0 Å². The summed E-state index contributed by atoms with van der Waals surface area (Å²) in [5, 5.41) is 19.6. The van der Waals surface area contributed by atoms with E-state index in [1.165, 1.54) is 76.2 Å². The van der Waals surface area contributed by atoms with Gasteiger partial charge in [-0.05, 0) is 73.3 Å². The van der Waals surface area contributed by atoms with E-state index in [4.69, 9.17) is 0 Å². The number of nitriles is 2. The van der Waals surface area contributed by atoms with Crippen molar-refractivity contribution in [1.29, 1.82) is 10.5 Å². The molecule has 2 bridgehead atoms. The van der Waals surface area contributed by atoms with Crippen LogP contribution in [0.25, 0.3) is 0 Å². The molecule has 2 heteroatoms. The average molecular weight is 363 g/mol. The number of fused-ring (bicyclic) bond motifs is 3. The second kappa shape index (κ2) is 8.48. The first-order chi connectivity index (χ1) is 13.1. The average Bonchev–Trinajstić information content (AvgIpc) is 2.72. The lowest BCUT2D eigenvalue weighted by atomic mass is 9.50. The third-order valence-corrected chi connectivity index (χ3v) is 7.57. The highest BCUT2D eigenvalue weighted by molar-refractivity contribution is 5.57. The van der Waals surface area contributed by atoms with Crippen molar-refractivity contribution in [1.82, 2.24) is 0 Å². The van der Waals surface area contributed by atoms with Crippen molar-refractivity contribution in [3.8, 4) is 12.1 Å². The van der Waals surface area contributed by atoms with Crippen LogP contribution in [-0.4, -0.2) is 0 Å². The Hall–Kier alpha value is -1.80. The molecule has 3 saturated carbocycles. The lowest BCUT2D eigenvalue weighted by molar-refractivity contribution is 0.0303. The van der Waals surface area contributed by atoms with Crippen LogP contribution < -0.4 is 0 Å². The number of rotatable bonds is 8. The van der Waals surface area contributed by atoms with Gasteiger partial charge >= 0.3 is 0 Å². The van der Waals surface area contributed by atoms with Gasteiger partial charge in [-0.2, -0.15) is 10.5 Å². The Bertz CT molecular complexity index is 722. The minimum absolute atomic E-state index is 0.145. The zero-order valence-electron chi connectivity index (χ0n) is 17.2. The second-order valence-electron chi connectivity index (χ2n) is 9.09. The Morgan fingerprint density at radius 1 is 0.815 bits per heavy atom. The zero-order chi connectivity index (χ0) is 19.3. The number of hydrogen-bond donors (Lipinski definition) is 0. The molecule has 0 aliphatic heterocycles. The molecule has 0 saturated heterocycles. The summed E-state index contributed by atoms with van der Waals surface area (Å²) in [6, 6.07) is 9.11. The van der Waals surface area contributed by atoms with Gasteiger partial charge in [0.05, 0.1) is 11.1 Å². The van der Waals surface area contributed by atoms with Crippen LogP contribution in [0.2, 0.25) is 0 Å². The van der Waals surface area contributed by atoms with Gasteiger partial charge in [0.25, 0.3) is 0 Å². The zero-order valence-corrected chi connectivity index (χ0v) is 17.2. The van der Waals surface area contributed by atoms with Gasteiger partial charge in [0.1, 0.15) is 12.1 Å². The molecule has 144 valence electrons. The molecule has 2 nitrogen and oxygen atoms in total. The molecule has 1 aromatic rings. The minimum atomic E-state index is 0.145. The largest absolute Gasteiger partial charge is 0.192 e.